The van der Waals surface area contributed by atoms with Crippen LogP contribution in [-0.4, -0.2) is 22.3 Å². The van der Waals surface area contributed by atoms with E-state index in [1.807, 2.05) is 36.4 Å². The predicted octanol–water partition coefficient (Wildman–Crippen LogP) is 8.25. The van der Waals surface area contributed by atoms with Gasteiger partial charge in [0, 0.05) is 33.6 Å². The monoisotopic (exact) mass is 502 g/mol. The lowest BCUT2D eigenvalue weighted by molar-refractivity contribution is 0.169. The molecule has 0 radical (unpaired) electrons. The van der Waals surface area contributed by atoms with Crippen molar-refractivity contribution < 1.29 is 5.11 Å². The molecule has 6 rings (SSSR count). The van der Waals surface area contributed by atoms with Crippen molar-refractivity contribution in [3.8, 4) is 22.4 Å². The molecule has 0 amide bonds. The Morgan fingerprint density at radius 3 is 2.16 bits per heavy atom. The fraction of sp³-hybridized carbons (Fsp3) is 0.0909. The molecule has 0 spiro atoms. The molecule has 1 unspecified atom stereocenters. The van der Waals surface area contributed by atoms with Gasteiger partial charge in [0.05, 0.1) is 23.9 Å². The fourth-order valence-corrected chi connectivity index (χ4v) is 5.40. The highest BCUT2D eigenvalue weighted by Crippen LogP contribution is 2.43. The number of hydrogen-bond donors (Lipinski definition) is 2. The lowest BCUT2D eigenvalue weighted by atomic mass is 9.97. The number of anilines is 1. The van der Waals surface area contributed by atoms with Crippen LogP contribution in [0.3, 0.4) is 0 Å². The van der Waals surface area contributed by atoms with Crippen LogP contribution in [0.15, 0.2) is 121 Å². The van der Waals surface area contributed by atoms with E-state index in [9.17, 15) is 5.11 Å². The van der Waals surface area contributed by atoms with Crippen molar-refractivity contribution in [3.05, 3.63) is 126 Å². The van der Waals surface area contributed by atoms with Crippen LogP contribution in [0.2, 0.25) is 5.02 Å². The van der Waals surface area contributed by atoms with E-state index in [1.165, 1.54) is 21.7 Å². The first-order valence-corrected chi connectivity index (χ1v) is 12.9. The maximum absolute atomic E-state index is 11.3. The van der Waals surface area contributed by atoms with E-state index in [0.717, 1.165) is 28.0 Å². The summed E-state index contributed by atoms with van der Waals surface area (Å²) in [7, 11) is 0. The lowest BCUT2D eigenvalue weighted by Crippen LogP contribution is -2.25. The van der Waals surface area contributed by atoms with Gasteiger partial charge >= 0.3 is 0 Å². The maximum atomic E-state index is 11.3. The Bertz CT molecular complexity index is 1680. The number of fused-ring (bicyclic) bond motifs is 3. The average molecular weight is 503 g/mol. The molecule has 2 N–H and O–H groups in total. The van der Waals surface area contributed by atoms with Gasteiger partial charge in [0.2, 0.25) is 0 Å². The molecule has 4 heteroatoms. The van der Waals surface area contributed by atoms with Crippen molar-refractivity contribution in [1.29, 1.82) is 0 Å². The Balaban J connectivity index is 1.54. The van der Waals surface area contributed by atoms with Crippen molar-refractivity contribution in [1.82, 2.24) is 4.57 Å². The second-order valence-electron chi connectivity index (χ2n) is 9.29. The summed E-state index contributed by atoms with van der Waals surface area (Å²) in [5.41, 5.74) is 6.60. The van der Waals surface area contributed by atoms with Crippen LogP contribution in [0.1, 0.15) is 0 Å². The normalized spacial score (nSPS) is 12.2. The third-order valence-electron chi connectivity index (χ3n) is 6.82. The van der Waals surface area contributed by atoms with E-state index < -0.39 is 6.10 Å². The highest BCUT2D eigenvalue weighted by molar-refractivity contribution is 6.30. The van der Waals surface area contributed by atoms with Crippen molar-refractivity contribution in [2.75, 3.05) is 11.9 Å². The molecule has 0 aliphatic heterocycles. The molecule has 5 aromatic carbocycles. The topological polar surface area (TPSA) is 37.2 Å². The standard InChI is InChI=1S/C33H27ClN2O/c34-26-15-9-16-27(20-26)35-21-28(37)22-36-32(25-13-5-2-6-14-25)31(24-11-3-1-4-12-24)30-19-18-23-10-7-8-17-29(23)33(30)36/h1-20,28,35,37H,21-22H2. The van der Waals surface area contributed by atoms with Gasteiger partial charge < -0.3 is 15.0 Å². The van der Waals surface area contributed by atoms with Crippen LogP contribution in [0.5, 0.6) is 0 Å². The Morgan fingerprint density at radius 2 is 1.41 bits per heavy atom. The number of rotatable bonds is 7. The van der Waals surface area contributed by atoms with Gasteiger partial charge in [-0.3, -0.25) is 0 Å². The zero-order valence-electron chi connectivity index (χ0n) is 20.3. The molecule has 37 heavy (non-hydrogen) atoms. The SMILES string of the molecule is OC(CNc1cccc(Cl)c1)Cn1c(-c2ccccc2)c(-c2ccccc2)c2ccc3ccccc3c21. The van der Waals surface area contributed by atoms with Crippen LogP contribution >= 0.6 is 11.6 Å². The molecule has 0 saturated heterocycles. The number of aliphatic hydroxyl groups is 1. The number of nitrogens with one attached hydrogen (secondary N) is 1. The van der Waals surface area contributed by atoms with Gasteiger partial charge in [0.25, 0.3) is 0 Å². The zero-order chi connectivity index (χ0) is 25.2. The van der Waals surface area contributed by atoms with Crippen LogP contribution in [0.4, 0.5) is 5.69 Å². The summed E-state index contributed by atoms with van der Waals surface area (Å²) in [6.07, 6.45) is -0.625. The number of halogens is 1. The zero-order valence-corrected chi connectivity index (χ0v) is 21.1. The van der Waals surface area contributed by atoms with Crippen molar-refractivity contribution in [3.63, 3.8) is 0 Å². The number of nitrogens with zero attached hydrogens (tertiary/aromatic N) is 1. The Morgan fingerprint density at radius 1 is 0.703 bits per heavy atom. The molecule has 1 atom stereocenters. The molecule has 6 aromatic rings. The van der Waals surface area contributed by atoms with E-state index in [2.05, 4.69) is 94.8 Å². The Hall–Kier alpha value is -4.05. The molecule has 0 saturated carbocycles. The Kier molecular flexibility index (Phi) is 6.40. The van der Waals surface area contributed by atoms with Gasteiger partial charge in [-0.05, 0) is 34.7 Å². The van der Waals surface area contributed by atoms with Gasteiger partial charge in [-0.2, -0.15) is 0 Å². The summed E-state index contributed by atoms with van der Waals surface area (Å²) in [5, 5.41) is 18.8. The first-order chi connectivity index (χ1) is 18.2. The highest BCUT2D eigenvalue weighted by Gasteiger charge is 2.23. The fourth-order valence-electron chi connectivity index (χ4n) is 5.21. The quantitative estimate of drug-likeness (QED) is 0.230. The van der Waals surface area contributed by atoms with Crippen molar-refractivity contribution in [2.45, 2.75) is 12.6 Å². The largest absolute Gasteiger partial charge is 0.389 e. The molecule has 0 fully saturated rings. The average Bonchev–Trinajstić information content (AvgIpc) is 3.27. The first-order valence-electron chi connectivity index (χ1n) is 12.5. The van der Waals surface area contributed by atoms with Gasteiger partial charge in [0.1, 0.15) is 0 Å². The van der Waals surface area contributed by atoms with Gasteiger partial charge in [0.15, 0.2) is 0 Å². The van der Waals surface area contributed by atoms with Gasteiger partial charge in [-0.1, -0.05) is 115 Å². The predicted molar refractivity (Wildman–Crippen MR) is 156 cm³/mol. The number of benzene rings is 5. The minimum absolute atomic E-state index is 0.402. The number of aromatic nitrogens is 1. The van der Waals surface area contributed by atoms with Crippen LogP contribution < -0.4 is 5.32 Å². The van der Waals surface area contributed by atoms with E-state index in [0.29, 0.717) is 18.1 Å². The molecule has 1 aromatic heterocycles. The molecule has 0 bridgehead atoms. The van der Waals surface area contributed by atoms with Crippen molar-refractivity contribution >= 4 is 39.0 Å². The first kappa shape index (κ1) is 23.4. The van der Waals surface area contributed by atoms with E-state index in [-0.39, 0.29) is 0 Å². The van der Waals surface area contributed by atoms with Crippen LogP contribution in [-0.2, 0) is 6.54 Å². The number of hydrogen-bond acceptors (Lipinski definition) is 2. The molecule has 0 aliphatic carbocycles. The van der Waals surface area contributed by atoms with E-state index in [4.69, 9.17) is 11.6 Å². The van der Waals surface area contributed by atoms with Gasteiger partial charge in [-0.15, -0.1) is 0 Å². The lowest BCUT2D eigenvalue weighted by Gasteiger charge is -2.18. The molecule has 1 heterocycles. The minimum atomic E-state index is -0.625. The summed E-state index contributed by atoms with van der Waals surface area (Å²) in [6.45, 7) is 0.842. The van der Waals surface area contributed by atoms with Crippen LogP contribution in [0, 0.1) is 0 Å². The van der Waals surface area contributed by atoms with E-state index in [1.54, 1.807) is 0 Å². The molecular formula is C33H27ClN2O. The minimum Gasteiger partial charge on any atom is -0.389 e. The highest BCUT2D eigenvalue weighted by atomic mass is 35.5. The summed E-state index contributed by atoms with van der Waals surface area (Å²) < 4.78 is 2.31. The second kappa shape index (κ2) is 10.1. The Labute approximate surface area is 221 Å². The van der Waals surface area contributed by atoms with E-state index >= 15 is 0 Å². The molecule has 182 valence electrons. The summed E-state index contributed by atoms with van der Waals surface area (Å²) in [5.74, 6) is 0. The van der Waals surface area contributed by atoms with Gasteiger partial charge in [-0.25, -0.2) is 0 Å². The van der Waals surface area contributed by atoms with Crippen LogP contribution in [0.25, 0.3) is 44.1 Å². The smallest absolute Gasteiger partial charge is 0.0891 e. The maximum Gasteiger partial charge on any atom is 0.0891 e. The summed E-state index contributed by atoms with van der Waals surface area (Å²) >= 11 is 6.15. The third-order valence-corrected chi connectivity index (χ3v) is 7.05. The number of aliphatic hydroxyl groups excluding tert-OH is 1. The summed E-state index contributed by atoms with van der Waals surface area (Å²) in [6, 6.07) is 41.5. The van der Waals surface area contributed by atoms with Crippen molar-refractivity contribution in [2.24, 2.45) is 0 Å². The third kappa shape index (κ3) is 4.60. The summed E-state index contributed by atoms with van der Waals surface area (Å²) in [4.78, 5) is 0. The second-order valence-corrected chi connectivity index (χ2v) is 9.73. The molecule has 3 nitrogen and oxygen atoms in total. The molecule has 0 aliphatic rings. The molecular weight excluding hydrogens is 476 g/mol.